The lowest BCUT2D eigenvalue weighted by molar-refractivity contribution is 0.531. The topological polar surface area (TPSA) is 55.8 Å². The van der Waals surface area contributed by atoms with Gasteiger partial charge in [-0.15, -0.1) is 0 Å². The molecule has 0 saturated heterocycles. The van der Waals surface area contributed by atoms with Crippen LogP contribution >= 0.6 is 0 Å². The van der Waals surface area contributed by atoms with Crippen molar-refractivity contribution in [3.63, 3.8) is 0 Å². The Labute approximate surface area is 140 Å². The number of aromatic nitrogens is 1. The zero-order valence-electron chi connectivity index (χ0n) is 13.5. The Hall–Kier alpha value is -3.08. The number of H-pyrrole nitrogens is 1. The molecule has 5 heteroatoms. The maximum atomic E-state index is 4.58. The Morgan fingerprint density at radius 3 is 2.67 bits per heavy atom. The minimum atomic E-state index is 0.803. The van der Waals surface area contributed by atoms with Crippen LogP contribution in [-0.2, 0) is 0 Å². The van der Waals surface area contributed by atoms with Gasteiger partial charge in [0.25, 0.3) is 0 Å². The SMILES string of the molecule is CN(N=Cc1c(-c2ccccc2)[nH]c2ccccc12)C1=NCCN1. The van der Waals surface area contributed by atoms with Crippen molar-refractivity contribution in [2.75, 3.05) is 20.1 Å². The van der Waals surface area contributed by atoms with Crippen LogP contribution in [0.3, 0.4) is 0 Å². The molecule has 0 atom stereocenters. The average Bonchev–Trinajstić information content (AvgIpc) is 3.28. The fourth-order valence-corrected chi connectivity index (χ4v) is 2.93. The molecule has 5 nitrogen and oxygen atoms in total. The van der Waals surface area contributed by atoms with E-state index in [0.29, 0.717) is 0 Å². The van der Waals surface area contributed by atoms with Gasteiger partial charge in [0.05, 0.1) is 18.5 Å². The van der Waals surface area contributed by atoms with E-state index in [1.807, 2.05) is 37.5 Å². The van der Waals surface area contributed by atoms with Gasteiger partial charge in [0.2, 0.25) is 5.96 Å². The molecule has 2 heterocycles. The second-order valence-electron chi connectivity index (χ2n) is 5.73. The molecule has 120 valence electrons. The Morgan fingerprint density at radius 2 is 1.88 bits per heavy atom. The monoisotopic (exact) mass is 317 g/mol. The highest BCUT2D eigenvalue weighted by Gasteiger charge is 2.13. The molecule has 1 aromatic heterocycles. The molecule has 24 heavy (non-hydrogen) atoms. The summed E-state index contributed by atoms with van der Waals surface area (Å²) in [6, 6.07) is 18.6. The molecule has 2 aromatic carbocycles. The highest BCUT2D eigenvalue weighted by atomic mass is 15.5. The van der Waals surface area contributed by atoms with E-state index in [4.69, 9.17) is 0 Å². The van der Waals surface area contributed by atoms with E-state index in [9.17, 15) is 0 Å². The third-order valence-corrected chi connectivity index (χ3v) is 4.13. The number of aliphatic imine (C=N–C) groups is 1. The first kappa shape index (κ1) is 14.5. The normalized spacial score (nSPS) is 14.1. The number of fused-ring (bicyclic) bond motifs is 1. The Balaban J connectivity index is 1.78. The van der Waals surface area contributed by atoms with Crippen LogP contribution in [0.1, 0.15) is 5.56 Å². The van der Waals surface area contributed by atoms with Crippen molar-refractivity contribution < 1.29 is 0 Å². The number of rotatable bonds is 3. The maximum absolute atomic E-state index is 4.58. The summed E-state index contributed by atoms with van der Waals surface area (Å²) in [4.78, 5) is 7.91. The molecule has 3 aromatic rings. The first-order valence-corrected chi connectivity index (χ1v) is 8.05. The lowest BCUT2D eigenvalue weighted by atomic mass is 10.1. The van der Waals surface area contributed by atoms with Gasteiger partial charge in [-0.25, -0.2) is 10.0 Å². The third-order valence-electron chi connectivity index (χ3n) is 4.13. The van der Waals surface area contributed by atoms with Crippen molar-refractivity contribution in [1.29, 1.82) is 0 Å². The number of para-hydroxylation sites is 1. The molecule has 1 aliphatic rings. The first-order chi connectivity index (χ1) is 11.8. The van der Waals surface area contributed by atoms with Crippen LogP contribution < -0.4 is 5.32 Å². The standard InChI is InChI=1S/C19H19N5/c1-24(19-20-11-12-21-19)22-13-16-15-9-5-6-10-17(15)23-18(16)14-7-3-2-4-8-14/h2-10,13,23H,11-12H2,1H3,(H,20,21). The Bertz CT molecular complexity index is 908. The maximum Gasteiger partial charge on any atom is 0.214 e. The summed E-state index contributed by atoms with van der Waals surface area (Å²) < 4.78 is 0. The molecule has 0 aliphatic carbocycles. The summed E-state index contributed by atoms with van der Waals surface area (Å²) in [6.07, 6.45) is 1.91. The summed E-state index contributed by atoms with van der Waals surface area (Å²) >= 11 is 0. The van der Waals surface area contributed by atoms with Gasteiger partial charge < -0.3 is 10.3 Å². The molecule has 2 N–H and O–H groups in total. The second kappa shape index (κ2) is 6.20. The minimum absolute atomic E-state index is 0.803. The van der Waals surface area contributed by atoms with E-state index in [-0.39, 0.29) is 0 Å². The molecule has 0 radical (unpaired) electrons. The average molecular weight is 317 g/mol. The molecule has 4 rings (SSSR count). The first-order valence-electron chi connectivity index (χ1n) is 8.05. The van der Waals surface area contributed by atoms with Gasteiger partial charge >= 0.3 is 0 Å². The van der Waals surface area contributed by atoms with Crippen molar-refractivity contribution >= 4 is 23.1 Å². The van der Waals surface area contributed by atoms with Crippen LogP contribution in [0.15, 0.2) is 64.7 Å². The van der Waals surface area contributed by atoms with Gasteiger partial charge in [-0.05, 0) is 11.6 Å². The van der Waals surface area contributed by atoms with E-state index in [1.54, 1.807) is 5.01 Å². The van der Waals surface area contributed by atoms with Gasteiger partial charge in [-0.2, -0.15) is 5.10 Å². The van der Waals surface area contributed by atoms with Crippen LogP contribution in [0.5, 0.6) is 0 Å². The number of hydrogen-bond acceptors (Lipinski definition) is 4. The van der Waals surface area contributed by atoms with Crippen molar-refractivity contribution in [1.82, 2.24) is 15.3 Å². The van der Waals surface area contributed by atoms with Crippen molar-refractivity contribution in [3.8, 4) is 11.3 Å². The summed E-state index contributed by atoms with van der Waals surface area (Å²) in [6.45, 7) is 1.68. The fourth-order valence-electron chi connectivity index (χ4n) is 2.93. The van der Waals surface area contributed by atoms with E-state index in [0.717, 1.165) is 46.8 Å². The highest BCUT2D eigenvalue weighted by molar-refractivity contribution is 6.06. The number of nitrogens with one attached hydrogen (secondary N) is 2. The van der Waals surface area contributed by atoms with Crippen LogP contribution in [0, 0.1) is 0 Å². The molecule has 0 fully saturated rings. The number of hydrazone groups is 1. The van der Waals surface area contributed by atoms with Gasteiger partial charge in [0.15, 0.2) is 0 Å². The smallest absolute Gasteiger partial charge is 0.214 e. The van der Waals surface area contributed by atoms with Crippen LogP contribution in [-0.4, -0.2) is 42.3 Å². The minimum Gasteiger partial charge on any atom is -0.354 e. The van der Waals surface area contributed by atoms with Crippen molar-refractivity contribution in [2.24, 2.45) is 10.1 Å². The molecule has 0 bridgehead atoms. The van der Waals surface area contributed by atoms with E-state index >= 15 is 0 Å². The second-order valence-corrected chi connectivity index (χ2v) is 5.73. The molecular weight excluding hydrogens is 298 g/mol. The zero-order valence-corrected chi connectivity index (χ0v) is 13.5. The third kappa shape index (κ3) is 2.65. The number of benzene rings is 2. The highest BCUT2D eigenvalue weighted by Crippen LogP contribution is 2.29. The Kier molecular flexibility index (Phi) is 3.75. The number of aromatic amines is 1. The summed E-state index contributed by atoms with van der Waals surface area (Å²) in [5.74, 6) is 0.812. The lowest BCUT2D eigenvalue weighted by Gasteiger charge is -2.12. The predicted molar refractivity (Wildman–Crippen MR) is 99.4 cm³/mol. The molecule has 0 saturated carbocycles. The lowest BCUT2D eigenvalue weighted by Crippen LogP contribution is -2.32. The number of nitrogens with zero attached hydrogens (tertiary/aromatic N) is 3. The van der Waals surface area contributed by atoms with Gasteiger partial charge in [-0.3, -0.25) is 0 Å². The summed E-state index contributed by atoms with van der Waals surface area (Å²) in [7, 11) is 1.91. The van der Waals surface area contributed by atoms with Crippen LogP contribution in [0.25, 0.3) is 22.2 Å². The van der Waals surface area contributed by atoms with Gasteiger partial charge in [-0.1, -0.05) is 48.5 Å². The quantitative estimate of drug-likeness (QED) is 0.576. The van der Waals surface area contributed by atoms with Crippen LogP contribution in [0.4, 0.5) is 0 Å². The van der Waals surface area contributed by atoms with Crippen LogP contribution in [0.2, 0.25) is 0 Å². The fraction of sp³-hybridized carbons (Fsp3) is 0.158. The van der Waals surface area contributed by atoms with E-state index < -0.39 is 0 Å². The van der Waals surface area contributed by atoms with Crippen molar-refractivity contribution in [2.45, 2.75) is 0 Å². The van der Waals surface area contributed by atoms with Gasteiger partial charge in [0.1, 0.15) is 0 Å². The zero-order chi connectivity index (χ0) is 16.4. The van der Waals surface area contributed by atoms with Gasteiger partial charge in [0, 0.05) is 30.1 Å². The number of guanidine groups is 1. The summed E-state index contributed by atoms with van der Waals surface area (Å²) in [5.41, 5.74) is 4.42. The Morgan fingerprint density at radius 1 is 1.08 bits per heavy atom. The molecular formula is C19H19N5. The summed E-state index contributed by atoms with van der Waals surface area (Å²) in [5, 5.41) is 10.7. The molecule has 0 amide bonds. The predicted octanol–water partition coefficient (Wildman–Crippen LogP) is 3.06. The molecule has 0 spiro atoms. The largest absolute Gasteiger partial charge is 0.354 e. The van der Waals surface area contributed by atoms with E-state index in [1.165, 1.54) is 0 Å². The number of hydrogen-bond donors (Lipinski definition) is 2. The molecule has 0 unspecified atom stereocenters. The van der Waals surface area contributed by atoms with E-state index in [2.05, 4.69) is 50.7 Å². The molecule has 1 aliphatic heterocycles. The van der Waals surface area contributed by atoms with Crippen molar-refractivity contribution in [3.05, 3.63) is 60.2 Å².